The fraction of sp³-hybridized carbons (Fsp3) is 0.238. The number of carbonyl (C=O) groups excluding carboxylic acids is 1. The van der Waals surface area contributed by atoms with Crippen LogP contribution in [0.15, 0.2) is 48.5 Å². The minimum Gasteiger partial charge on any atom is -0.493 e. The van der Waals surface area contributed by atoms with Crippen LogP contribution in [0.4, 0.5) is 0 Å². The first-order valence-corrected chi connectivity index (χ1v) is 10.7. The number of ether oxygens (including phenoxy) is 3. The Labute approximate surface area is 172 Å². The molecule has 0 radical (unpaired) electrons. The largest absolute Gasteiger partial charge is 0.493 e. The molecule has 1 aliphatic heterocycles. The van der Waals surface area contributed by atoms with Crippen molar-refractivity contribution in [1.82, 2.24) is 0 Å². The van der Waals surface area contributed by atoms with Gasteiger partial charge in [-0.25, -0.2) is 4.79 Å². The summed E-state index contributed by atoms with van der Waals surface area (Å²) >= 11 is 3.88. The molecule has 144 valence electrons. The highest BCUT2D eigenvalue weighted by Gasteiger charge is 2.18. The third-order valence-electron chi connectivity index (χ3n) is 3.88. The number of methoxy groups -OCH3 is 1. The van der Waals surface area contributed by atoms with Crippen LogP contribution in [-0.2, 0) is 4.79 Å². The molecule has 0 amide bonds. The standard InChI is InChI=1S/C21H19NO4S2/c1-24-19-14-15(2-8-18(19)25-11-10-22)3-9-20(23)26-17-6-4-16(5-7-17)21-27-12-13-28-21/h2-9,14,21H,11-13H2,1H3/b9-3+. The predicted octanol–water partition coefficient (Wildman–Crippen LogP) is 4.69. The summed E-state index contributed by atoms with van der Waals surface area (Å²) in [6, 6.07) is 14.8. The highest BCUT2D eigenvalue weighted by molar-refractivity contribution is 8.19. The lowest BCUT2D eigenvalue weighted by atomic mass is 10.2. The first-order chi connectivity index (χ1) is 13.7. The number of carbonyl (C=O) groups is 1. The summed E-state index contributed by atoms with van der Waals surface area (Å²) in [4.78, 5) is 12.1. The van der Waals surface area contributed by atoms with Gasteiger partial charge in [0.25, 0.3) is 0 Å². The minimum atomic E-state index is -0.457. The molecule has 28 heavy (non-hydrogen) atoms. The zero-order valence-electron chi connectivity index (χ0n) is 15.3. The highest BCUT2D eigenvalue weighted by Crippen LogP contribution is 2.45. The fourth-order valence-electron chi connectivity index (χ4n) is 2.58. The number of benzene rings is 2. The van der Waals surface area contributed by atoms with E-state index in [0.29, 0.717) is 21.8 Å². The molecule has 0 aliphatic carbocycles. The molecule has 0 aromatic heterocycles. The molecule has 1 saturated heterocycles. The summed E-state index contributed by atoms with van der Waals surface area (Å²) in [6.07, 6.45) is 3.00. The summed E-state index contributed by atoms with van der Waals surface area (Å²) in [7, 11) is 1.52. The van der Waals surface area contributed by atoms with Crippen molar-refractivity contribution in [3.05, 3.63) is 59.7 Å². The van der Waals surface area contributed by atoms with Crippen molar-refractivity contribution in [2.75, 3.05) is 25.2 Å². The normalized spacial score (nSPS) is 14.0. The van der Waals surface area contributed by atoms with Crippen LogP contribution in [0.25, 0.3) is 6.08 Å². The van der Waals surface area contributed by atoms with Crippen LogP contribution in [-0.4, -0.2) is 31.2 Å². The lowest BCUT2D eigenvalue weighted by Crippen LogP contribution is -2.03. The Bertz CT molecular complexity index is 884. The monoisotopic (exact) mass is 413 g/mol. The van der Waals surface area contributed by atoms with Crippen LogP contribution < -0.4 is 14.2 Å². The average molecular weight is 414 g/mol. The predicted molar refractivity (Wildman–Crippen MR) is 113 cm³/mol. The molecule has 7 heteroatoms. The quantitative estimate of drug-likeness (QED) is 0.370. The topological polar surface area (TPSA) is 68.6 Å². The van der Waals surface area contributed by atoms with Crippen LogP contribution >= 0.6 is 23.5 Å². The van der Waals surface area contributed by atoms with E-state index >= 15 is 0 Å². The Balaban J connectivity index is 1.59. The second-order valence-electron chi connectivity index (χ2n) is 5.75. The molecule has 1 fully saturated rings. The van der Waals surface area contributed by atoms with Crippen molar-refractivity contribution in [1.29, 1.82) is 5.26 Å². The van der Waals surface area contributed by atoms with Gasteiger partial charge in [0.15, 0.2) is 18.1 Å². The summed E-state index contributed by atoms with van der Waals surface area (Å²) in [5.74, 6) is 3.37. The SMILES string of the molecule is COc1cc(/C=C/C(=O)Oc2ccc(C3SCCS3)cc2)ccc1OCC#N. The van der Waals surface area contributed by atoms with Gasteiger partial charge in [-0.3, -0.25) is 0 Å². The van der Waals surface area contributed by atoms with Crippen LogP contribution in [0.3, 0.4) is 0 Å². The smallest absolute Gasteiger partial charge is 0.336 e. The molecule has 0 unspecified atom stereocenters. The number of nitrogens with zero attached hydrogens (tertiary/aromatic N) is 1. The maximum absolute atomic E-state index is 12.1. The average Bonchev–Trinajstić information content (AvgIpc) is 3.26. The lowest BCUT2D eigenvalue weighted by Gasteiger charge is -2.09. The van der Waals surface area contributed by atoms with Gasteiger partial charge in [0.05, 0.1) is 11.7 Å². The van der Waals surface area contributed by atoms with Crippen LogP contribution in [0.1, 0.15) is 15.7 Å². The first-order valence-electron chi connectivity index (χ1n) is 8.60. The molecule has 3 rings (SSSR count). The summed E-state index contributed by atoms with van der Waals surface area (Å²) in [5, 5.41) is 8.60. The Kier molecular flexibility index (Phi) is 7.29. The van der Waals surface area contributed by atoms with E-state index in [4.69, 9.17) is 19.5 Å². The number of rotatable bonds is 7. The molecule has 1 aliphatic rings. The minimum absolute atomic E-state index is 0.0607. The number of nitriles is 1. The van der Waals surface area contributed by atoms with Gasteiger partial charge >= 0.3 is 5.97 Å². The molecule has 5 nitrogen and oxygen atoms in total. The molecule has 2 aromatic carbocycles. The van der Waals surface area contributed by atoms with Crippen molar-refractivity contribution in [2.45, 2.75) is 4.58 Å². The van der Waals surface area contributed by atoms with Crippen LogP contribution in [0.5, 0.6) is 17.2 Å². The van der Waals surface area contributed by atoms with E-state index in [1.807, 2.05) is 53.9 Å². The van der Waals surface area contributed by atoms with E-state index < -0.39 is 5.97 Å². The van der Waals surface area contributed by atoms with Gasteiger partial charge in [0.2, 0.25) is 0 Å². The van der Waals surface area contributed by atoms with E-state index in [2.05, 4.69) is 0 Å². The zero-order chi connectivity index (χ0) is 19.8. The Morgan fingerprint density at radius 3 is 2.61 bits per heavy atom. The van der Waals surface area contributed by atoms with E-state index in [0.717, 1.165) is 5.56 Å². The molecular weight excluding hydrogens is 394 g/mol. The third-order valence-corrected chi connectivity index (χ3v) is 6.99. The maximum Gasteiger partial charge on any atom is 0.336 e. The van der Waals surface area contributed by atoms with Gasteiger partial charge in [-0.2, -0.15) is 5.26 Å². The van der Waals surface area contributed by atoms with Crippen molar-refractivity contribution < 1.29 is 19.0 Å². The molecule has 0 bridgehead atoms. The molecule has 0 N–H and O–H groups in total. The number of hydrogen-bond donors (Lipinski definition) is 0. The van der Waals surface area contributed by atoms with Gasteiger partial charge in [0.1, 0.15) is 11.8 Å². The van der Waals surface area contributed by atoms with Gasteiger partial charge in [-0.05, 0) is 41.5 Å². The molecule has 1 heterocycles. The molecule has 0 spiro atoms. The summed E-state index contributed by atoms with van der Waals surface area (Å²) < 4.78 is 16.4. The molecule has 0 saturated carbocycles. The van der Waals surface area contributed by atoms with Crippen molar-refractivity contribution in [3.8, 4) is 23.3 Å². The Morgan fingerprint density at radius 2 is 1.93 bits per heavy atom. The Morgan fingerprint density at radius 1 is 1.18 bits per heavy atom. The molecular formula is C21H19NO4S2. The Hall–Kier alpha value is -2.56. The van der Waals surface area contributed by atoms with Gasteiger partial charge in [-0.15, -0.1) is 23.5 Å². The maximum atomic E-state index is 12.1. The number of thioether (sulfide) groups is 2. The van der Waals surface area contributed by atoms with E-state index in [-0.39, 0.29) is 6.61 Å². The van der Waals surface area contributed by atoms with E-state index in [1.54, 1.807) is 24.3 Å². The number of esters is 1. The van der Waals surface area contributed by atoms with Crippen molar-refractivity contribution in [3.63, 3.8) is 0 Å². The van der Waals surface area contributed by atoms with Gasteiger partial charge in [-0.1, -0.05) is 18.2 Å². The van der Waals surface area contributed by atoms with Gasteiger partial charge < -0.3 is 14.2 Å². The first kappa shape index (κ1) is 20.2. The number of hydrogen-bond acceptors (Lipinski definition) is 7. The van der Waals surface area contributed by atoms with E-state index in [1.165, 1.54) is 30.3 Å². The molecule has 2 aromatic rings. The van der Waals surface area contributed by atoms with E-state index in [9.17, 15) is 4.79 Å². The lowest BCUT2D eigenvalue weighted by molar-refractivity contribution is -0.128. The second-order valence-corrected chi connectivity index (χ2v) is 8.48. The van der Waals surface area contributed by atoms with Crippen LogP contribution in [0.2, 0.25) is 0 Å². The summed E-state index contributed by atoms with van der Waals surface area (Å²) in [5.41, 5.74) is 2.00. The van der Waals surface area contributed by atoms with Crippen LogP contribution in [0, 0.1) is 11.3 Å². The fourth-order valence-corrected chi connectivity index (χ4v) is 5.43. The summed E-state index contributed by atoms with van der Waals surface area (Å²) in [6.45, 7) is -0.0607. The molecule has 0 atom stereocenters. The highest BCUT2D eigenvalue weighted by atomic mass is 32.2. The second kappa shape index (κ2) is 10.1. The van der Waals surface area contributed by atoms with Crippen molar-refractivity contribution >= 4 is 35.6 Å². The zero-order valence-corrected chi connectivity index (χ0v) is 16.9. The third kappa shape index (κ3) is 5.47. The van der Waals surface area contributed by atoms with Crippen molar-refractivity contribution in [2.24, 2.45) is 0 Å². The van der Waals surface area contributed by atoms with Gasteiger partial charge in [0, 0.05) is 17.6 Å².